The second kappa shape index (κ2) is 11.3. The summed E-state index contributed by atoms with van der Waals surface area (Å²) in [5.41, 5.74) is 12.9. The van der Waals surface area contributed by atoms with E-state index in [4.69, 9.17) is 19.9 Å². The predicted molar refractivity (Wildman–Crippen MR) is 149 cm³/mol. The number of halogens is 1. The number of fused-ring (bicyclic) bond motifs is 6. The maximum atomic E-state index is 6.06. The summed E-state index contributed by atoms with van der Waals surface area (Å²) < 4.78 is 18.3. The number of hydrogen-bond donors (Lipinski definition) is 1. The van der Waals surface area contributed by atoms with Gasteiger partial charge in [-0.05, 0) is 65.9 Å². The summed E-state index contributed by atoms with van der Waals surface area (Å²) in [6, 6.07) is 16.2. The largest absolute Gasteiger partial charge is 0.492 e. The van der Waals surface area contributed by atoms with Gasteiger partial charge in [-0.1, -0.05) is 29.8 Å². The van der Waals surface area contributed by atoms with Crippen LogP contribution in [0, 0.1) is 5.92 Å². The number of nitrogens with two attached hydrogens (primary N) is 1. The number of ether oxygens (including phenoxy) is 3. The van der Waals surface area contributed by atoms with E-state index < -0.39 is 0 Å². The first-order valence-corrected chi connectivity index (χ1v) is 13.2. The predicted octanol–water partition coefficient (Wildman–Crippen LogP) is 6.80. The molecule has 6 rings (SSSR count). The van der Waals surface area contributed by atoms with E-state index in [1.807, 2.05) is 67.3 Å². The van der Waals surface area contributed by atoms with Crippen LogP contribution in [0.3, 0.4) is 0 Å². The van der Waals surface area contributed by atoms with Crippen LogP contribution in [0.25, 0.3) is 22.3 Å². The molecule has 0 spiro atoms. The fourth-order valence-electron chi connectivity index (χ4n) is 4.57. The number of hydrogen-bond acceptors (Lipinski definition) is 6. The Bertz CT molecular complexity index is 1390. The highest BCUT2D eigenvalue weighted by molar-refractivity contribution is 9.10. The fraction of sp³-hybridized carbons (Fsp3) is 0.267. The van der Waals surface area contributed by atoms with Gasteiger partial charge in [0.05, 0.1) is 0 Å². The molecule has 4 heterocycles. The Morgan fingerprint density at radius 3 is 2.05 bits per heavy atom. The topological polar surface area (TPSA) is 79.5 Å². The normalized spacial score (nSPS) is 13.4. The number of benzene rings is 2. The van der Waals surface area contributed by atoms with E-state index in [-0.39, 0.29) is 6.04 Å². The molecule has 0 amide bonds. The number of rotatable bonds is 5. The lowest BCUT2D eigenvalue weighted by Crippen LogP contribution is -2.29. The van der Waals surface area contributed by atoms with Crippen LogP contribution in [-0.2, 0) is 13.2 Å². The maximum Gasteiger partial charge on any atom is 0.131 e. The van der Waals surface area contributed by atoms with Crippen LogP contribution in [0.2, 0.25) is 0 Å². The highest BCUT2D eigenvalue weighted by Gasteiger charge is 2.18. The third kappa shape index (κ3) is 5.95. The van der Waals surface area contributed by atoms with Gasteiger partial charge < -0.3 is 19.9 Å². The number of aromatic nitrogens is 2. The van der Waals surface area contributed by atoms with Crippen molar-refractivity contribution in [2.24, 2.45) is 11.7 Å². The lowest BCUT2D eigenvalue weighted by Gasteiger charge is -2.21. The highest BCUT2D eigenvalue weighted by atomic mass is 79.9. The van der Waals surface area contributed by atoms with Gasteiger partial charge in [0.2, 0.25) is 0 Å². The summed E-state index contributed by atoms with van der Waals surface area (Å²) >= 11 is 3.44. The molecule has 1 atom stereocenters. The molecule has 2 N–H and O–H groups in total. The molecule has 0 radical (unpaired) electrons. The van der Waals surface area contributed by atoms with Crippen molar-refractivity contribution < 1.29 is 14.2 Å². The molecule has 0 saturated carbocycles. The summed E-state index contributed by atoms with van der Waals surface area (Å²) in [5, 5.41) is 0. The number of nitrogens with zero attached hydrogens (tertiary/aromatic N) is 2. The van der Waals surface area contributed by atoms with Gasteiger partial charge in [-0.2, -0.15) is 0 Å². The Hall–Kier alpha value is -3.42. The summed E-state index contributed by atoms with van der Waals surface area (Å²) in [7, 11) is 0. The summed E-state index contributed by atoms with van der Waals surface area (Å²) in [4.78, 5) is 8.24. The van der Waals surface area contributed by atoms with Crippen LogP contribution in [0.4, 0.5) is 0 Å². The van der Waals surface area contributed by atoms with E-state index in [1.165, 1.54) is 11.1 Å². The van der Waals surface area contributed by atoms with E-state index in [1.54, 1.807) is 0 Å². The van der Waals surface area contributed by atoms with Gasteiger partial charge in [0.15, 0.2) is 0 Å². The second-order valence-corrected chi connectivity index (χ2v) is 10.6. The molecule has 6 nitrogen and oxygen atoms in total. The molecule has 0 aliphatic carbocycles. The Kier molecular flexibility index (Phi) is 7.72. The van der Waals surface area contributed by atoms with E-state index >= 15 is 0 Å². The van der Waals surface area contributed by atoms with Crippen molar-refractivity contribution in [3.63, 3.8) is 0 Å². The van der Waals surface area contributed by atoms with Gasteiger partial charge in [0.1, 0.15) is 37.1 Å². The van der Waals surface area contributed by atoms with Gasteiger partial charge in [-0.15, -0.1) is 0 Å². The molecule has 2 aromatic heterocycles. The van der Waals surface area contributed by atoms with Crippen molar-refractivity contribution in [2.45, 2.75) is 39.5 Å². The lowest BCUT2D eigenvalue weighted by molar-refractivity contribution is 0.265. The number of pyridine rings is 2. The van der Waals surface area contributed by atoms with Crippen molar-refractivity contribution >= 4 is 15.9 Å². The minimum Gasteiger partial charge on any atom is -0.492 e. The van der Waals surface area contributed by atoms with Crippen molar-refractivity contribution in [1.82, 2.24) is 9.97 Å². The third-order valence-corrected chi connectivity index (χ3v) is 6.78. The highest BCUT2D eigenvalue weighted by Crippen LogP contribution is 2.40. The maximum absolute atomic E-state index is 6.06. The first-order valence-electron chi connectivity index (χ1n) is 12.4. The second-order valence-electron chi connectivity index (χ2n) is 9.64. The Labute approximate surface area is 226 Å². The SMILES string of the molecule is Brc1ccc2c(c1)OCc1cnccc1-2.CC(C)C[C@@H](N)COc1ccc2c(c1)OCc1cnccc1-2. The lowest BCUT2D eigenvalue weighted by atomic mass is 9.99. The van der Waals surface area contributed by atoms with Crippen LogP contribution < -0.4 is 19.9 Å². The molecule has 0 saturated heterocycles. The van der Waals surface area contributed by atoms with Crippen LogP contribution in [-0.4, -0.2) is 22.6 Å². The molecule has 7 heteroatoms. The van der Waals surface area contributed by atoms with Gasteiger partial charge in [0, 0.05) is 63.6 Å². The standard InChI is InChI=1S/C18H22N2O2.C12H8BrNO/c1-12(2)7-14(19)11-21-15-3-4-17-16-5-6-20-9-13(16)10-22-18(17)8-15;13-9-1-2-11-10-3-4-14-6-8(10)7-15-12(11)5-9/h3-6,8-9,12,14H,7,10-11,19H2,1-2H3;1-6H,7H2/t14-;/m1./s1. The van der Waals surface area contributed by atoms with E-state index in [9.17, 15) is 0 Å². The quantitative estimate of drug-likeness (QED) is 0.289. The minimum atomic E-state index is 0.0590. The van der Waals surface area contributed by atoms with E-state index in [0.717, 1.165) is 50.4 Å². The molecule has 2 aliphatic heterocycles. The minimum absolute atomic E-state index is 0.0590. The zero-order valence-electron chi connectivity index (χ0n) is 21.0. The first-order chi connectivity index (χ1) is 18.0. The Morgan fingerprint density at radius 1 is 0.838 bits per heavy atom. The van der Waals surface area contributed by atoms with E-state index in [0.29, 0.717) is 25.7 Å². The molecule has 2 aromatic carbocycles. The van der Waals surface area contributed by atoms with Crippen molar-refractivity contribution in [2.75, 3.05) is 6.61 Å². The zero-order valence-corrected chi connectivity index (χ0v) is 22.6. The summed E-state index contributed by atoms with van der Waals surface area (Å²) in [6.07, 6.45) is 8.30. The van der Waals surface area contributed by atoms with Crippen molar-refractivity contribution in [1.29, 1.82) is 0 Å². The molecule has 190 valence electrons. The average Bonchev–Trinajstić information content (AvgIpc) is 2.91. The van der Waals surface area contributed by atoms with Gasteiger partial charge in [-0.3, -0.25) is 9.97 Å². The monoisotopic (exact) mass is 559 g/mol. The van der Waals surface area contributed by atoms with Crippen molar-refractivity contribution in [3.05, 3.63) is 88.9 Å². The van der Waals surface area contributed by atoms with Crippen molar-refractivity contribution in [3.8, 4) is 39.5 Å². The molecular formula is C30H30BrN3O3. The van der Waals surface area contributed by atoms with Crippen LogP contribution in [0.5, 0.6) is 17.2 Å². The molecule has 0 unspecified atom stereocenters. The molecule has 37 heavy (non-hydrogen) atoms. The first kappa shape index (κ1) is 25.2. The Balaban J connectivity index is 0.000000162. The van der Waals surface area contributed by atoms with E-state index in [2.05, 4.69) is 45.8 Å². The summed E-state index contributed by atoms with van der Waals surface area (Å²) in [6.45, 7) is 6.01. The zero-order chi connectivity index (χ0) is 25.8. The summed E-state index contributed by atoms with van der Waals surface area (Å²) in [5.74, 6) is 3.17. The molecular weight excluding hydrogens is 530 g/mol. The smallest absolute Gasteiger partial charge is 0.131 e. The van der Waals surface area contributed by atoms with Crippen LogP contribution >= 0.6 is 15.9 Å². The third-order valence-electron chi connectivity index (χ3n) is 6.29. The van der Waals surface area contributed by atoms with Crippen LogP contribution in [0.15, 0.2) is 77.8 Å². The van der Waals surface area contributed by atoms with Gasteiger partial charge in [-0.25, -0.2) is 0 Å². The fourth-order valence-corrected chi connectivity index (χ4v) is 4.91. The molecule has 2 aliphatic rings. The van der Waals surface area contributed by atoms with Gasteiger partial charge in [0.25, 0.3) is 0 Å². The average molecular weight is 560 g/mol. The van der Waals surface area contributed by atoms with Gasteiger partial charge >= 0.3 is 0 Å². The van der Waals surface area contributed by atoms with Crippen LogP contribution in [0.1, 0.15) is 31.4 Å². The molecule has 0 fully saturated rings. The molecule has 4 aromatic rings. The Morgan fingerprint density at radius 2 is 1.43 bits per heavy atom. The molecule has 0 bridgehead atoms.